The van der Waals surface area contributed by atoms with Crippen LogP contribution < -0.4 is 5.32 Å². The Labute approximate surface area is 122 Å². The van der Waals surface area contributed by atoms with E-state index < -0.39 is 0 Å². The zero-order valence-corrected chi connectivity index (χ0v) is 12.7. The van der Waals surface area contributed by atoms with Gasteiger partial charge in [-0.25, -0.2) is 4.39 Å². The Morgan fingerprint density at radius 2 is 2.05 bits per heavy atom. The van der Waals surface area contributed by atoms with E-state index in [1.165, 1.54) is 12.8 Å². The van der Waals surface area contributed by atoms with E-state index >= 15 is 0 Å². The maximum atomic E-state index is 14.3. The second-order valence-electron chi connectivity index (χ2n) is 5.72. The lowest BCUT2D eigenvalue weighted by molar-refractivity contribution is 0.222. The van der Waals surface area contributed by atoms with Gasteiger partial charge in [-0.15, -0.1) is 0 Å². The predicted molar refractivity (Wildman–Crippen MR) is 78.7 cm³/mol. The van der Waals surface area contributed by atoms with Gasteiger partial charge in [-0.1, -0.05) is 22.0 Å². The molecule has 0 radical (unpaired) electrons. The molecule has 3 rings (SSSR count). The molecule has 2 aliphatic heterocycles. The molecule has 1 atom stereocenters. The third-order valence-corrected chi connectivity index (χ3v) is 4.88. The quantitative estimate of drug-likeness (QED) is 0.917. The summed E-state index contributed by atoms with van der Waals surface area (Å²) in [6, 6.07) is 5.47. The van der Waals surface area contributed by atoms with Crippen LogP contribution in [-0.4, -0.2) is 31.1 Å². The van der Waals surface area contributed by atoms with Gasteiger partial charge in [-0.2, -0.15) is 0 Å². The zero-order valence-electron chi connectivity index (χ0n) is 11.1. The average Bonchev–Trinajstić information content (AvgIpc) is 3.02. The Morgan fingerprint density at radius 1 is 1.26 bits per heavy atom. The first-order valence-electron chi connectivity index (χ1n) is 7.13. The second-order valence-corrected chi connectivity index (χ2v) is 6.64. The molecule has 4 heteroatoms. The van der Waals surface area contributed by atoms with Crippen molar-refractivity contribution in [3.05, 3.63) is 34.1 Å². The van der Waals surface area contributed by atoms with Gasteiger partial charge in [0, 0.05) is 16.6 Å². The van der Waals surface area contributed by atoms with Crippen LogP contribution in [0.3, 0.4) is 0 Å². The lowest BCUT2D eigenvalue weighted by Gasteiger charge is -2.34. The summed E-state index contributed by atoms with van der Waals surface area (Å²) in [5, 5.41) is 3.58. The highest BCUT2D eigenvalue weighted by Gasteiger charge is 2.39. The van der Waals surface area contributed by atoms with Gasteiger partial charge in [0.15, 0.2) is 0 Å². The minimum absolute atomic E-state index is 0.0945. The standard InChI is InChI=1S/C15H20BrFN2/c16-12-4-5-13(14(17)10-12)15(6-3-7-18-15)11-19-8-1-2-9-19/h4-5,10,18H,1-3,6-9,11H2/t15-/m1/s1. The van der Waals surface area contributed by atoms with E-state index in [1.54, 1.807) is 6.07 Å². The van der Waals surface area contributed by atoms with E-state index in [0.29, 0.717) is 0 Å². The van der Waals surface area contributed by atoms with Gasteiger partial charge < -0.3 is 10.2 Å². The first-order chi connectivity index (χ1) is 9.20. The van der Waals surface area contributed by atoms with Gasteiger partial charge >= 0.3 is 0 Å². The van der Waals surface area contributed by atoms with Crippen molar-refractivity contribution >= 4 is 15.9 Å². The predicted octanol–water partition coefficient (Wildman–Crippen LogP) is 3.26. The Morgan fingerprint density at radius 3 is 2.68 bits per heavy atom. The lowest BCUT2D eigenvalue weighted by atomic mass is 9.87. The van der Waals surface area contributed by atoms with Gasteiger partial charge in [0.2, 0.25) is 0 Å². The van der Waals surface area contributed by atoms with Crippen molar-refractivity contribution < 1.29 is 4.39 Å². The van der Waals surface area contributed by atoms with Crippen LogP contribution in [0, 0.1) is 5.82 Å². The van der Waals surface area contributed by atoms with Gasteiger partial charge in [-0.3, -0.25) is 0 Å². The molecule has 1 aromatic rings. The minimum Gasteiger partial charge on any atom is -0.306 e. The van der Waals surface area contributed by atoms with Crippen LogP contribution in [0.15, 0.2) is 22.7 Å². The molecule has 2 saturated heterocycles. The molecule has 0 saturated carbocycles. The Balaban J connectivity index is 1.90. The van der Waals surface area contributed by atoms with Crippen molar-refractivity contribution in [3.63, 3.8) is 0 Å². The molecule has 19 heavy (non-hydrogen) atoms. The van der Waals surface area contributed by atoms with E-state index in [4.69, 9.17) is 0 Å². The van der Waals surface area contributed by atoms with Gasteiger partial charge in [-0.05, 0) is 57.5 Å². The highest BCUT2D eigenvalue weighted by molar-refractivity contribution is 9.10. The third-order valence-electron chi connectivity index (χ3n) is 4.38. The fourth-order valence-electron chi connectivity index (χ4n) is 3.46. The van der Waals surface area contributed by atoms with Crippen LogP contribution in [0.4, 0.5) is 4.39 Å². The van der Waals surface area contributed by atoms with Gasteiger partial charge in [0.1, 0.15) is 5.82 Å². The first kappa shape index (κ1) is 13.5. The van der Waals surface area contributed by atoms with Crippen LogP contribution in [0.1, 0.15) is 31.2 Å². The summed E-state index contributed by atoms with van der Waals surface area (Å²) in [7, 11) is 0. The number of halogens is 2. The molecular formula is C15H20BrFN2. The van der Waals surface area contributed by atoms with Crippen molar-refractivity contribution in [1.29, 1.82) is 0 Å². The van der Waals surface area contributed by atoms with E-state index in [1.807, 2.05) is 12.1 Å². The summed E-state index contributed by atoms with van der Waals surface area (Å²) in [6.07, 6.45) is 4.71. The summed E-state index contributed by atoms with van der Waals surface area (Å²) in [6.45, 7) is 4.23. The number of hydrogen-bond acceptors (Lipinski definition) is 2. The maximum Gasteiger partial charge on any atom is 0.129 e. The highest BCUT2D eigenvalue weighted by Crippen LogP contribution is 2.35. The molecule has 104 valence electrons. The highest BCUT2D eigenvalue weighted by atomic mass is 79.9. The first-order valence-corrected chi connectivity index (χ1v) is 7.92. The summed E-state index contributed by atoms with van der Waals surface area (Å²) < 4.78 is 15.1. The topological polar surface area (TPSA) is 15.3 Å². The molecule has 2 fully saturated rings. The SMILES string of the molecule is Fc1cc(Br)ccc1[C@]1(CN2CCCC2)CCCN1. The third kappa shape index (κ3) is 2.71. The maximum absolute atomic E-state index is 14.3. The molecule has 1 aromatic carbocycles. The van der Waals surface area contributed by atoms with Crippen molar-refractivity contribution in [3.8, 4) is 0 Å². The number of nitrogens with one attached hydrogen (secondary N) is 1. The lowest BCUT2D eigenvalue weighted by Crippen LogP contribution is -2.47. The molecule has 0 spiro atoms. The normalized spacial score (nSPS) is 28.1. The van der Waals surface area contributed by atoms with Crippen LogP contribution in [0.25, 0.3) is 0 Å². The fourth-order valence-corrected chi connectivity index (χ4v) is 3.79. The smallest absolute Gasteiger partial charge is 0.129 e. The molecule has 2 heterocycles. The number of rotatable bonds is 3. The van der Waals surface area contributed by atoms with Crippen molar-refractivity contribution in [2.45, 2.75) is 31.2 Å². The Kier molecular flexibility index (Phi) is 3.92. The molecule has 0 aliphatic carbocycles. The number of hydrogen-bond donors (Lipinski definition) is 1. The van der Waals surface area contributed by atoms with Gasteiger partial charge in [0.05, 0.1) is 5.54 Å². The van der Waals surface area contributed by atoms with Crippen LogP contribution in [0.5, 0.6) is 0 Å². The minimum atomic E-state index is -0.185. The van der Waals surface area contributed by atoms with Crippen LogP contribution in [-0.2, 0) is 5.54 Å². The van der Waals surface area contributed by atoms with Crippen molar-refractivity contribution in [2.75, 3.05) is 26.2 Å². The van der Waals surface area contributed by atoms with Gasteiger partial charge in [0.25, 0.3) is 0 Å². The molecule has 2 nitrogen and oxygen atoms in total. The van der Waals surface area contributed by atoms with Crippen molar-refractivity contribution in [2.24, 2.45) is 0 Å². The number of nitrogens with zero attached hydrogens (tertiary/aromatic N) is 1. The van der Waals surface area contributed by atoms with E-state index in [9.17, 15) is 4.39 Å². The summed E-state index contributed by atoms with van der Waals surface area (Å²) in [4.78, 5) is 2.47. The zero-order chi connectivity index (χ0) is 13.3. The monoisotopic (exact) mass is 326 g/mol. The van der Waals surface area contributed by atoms with Crippen molar-refractivity contribution in [1.82, 2.24) is 10.2 Å². The Bertz CT molecular complexity index is 451. The van der Waals surface area contributed by atoms with Crippen LogP contribution in [0.2, 0.25) is 0 Å². The summed E-state index contributed by atoms with van der Waals surface area (Å²) in [5.41, 5.74) is 0.648. The molecule has 0 unspecified atom stereocenters. The molecule has 0 aromatic heterocycles. The summed E-state index contributed by atoms with van der Waals surface area (Å²) >= 11 is 3.34. The summed E-state index contributed by atoms with van der Waals surface area (Å²) in [5.74, 6) is -0.0945. The Hall–Kier alpha value is -0.450. The fraction of sp³-hybridized carbons (Fsp3) is 0.600. The average molecular weight is 327 g/mol. The molecule has 1 N–H and O–H groups in total. The number of likely N-dealkylation sites (tertiary alicyclic amines) is 1. The van der Waals surface area contributed by atoms with E-state index in [0.717, 1.165) is 49.1 Å². The molecule has 2 aliphatic rings. The van der Waals surface area contributed by atoms with Crippen LogP contribution >= 0.6 is 15.9 Å². The second kappa shape index (κ2) is 5.51. The largest absolute Gasteiger partial charge is 0.306 e. The van der Waals surface area contributed by atoms with E-state index in [2.05, 4.69) is 26.1 Å². The molecule has 0 amide bonds. The number of benzene rings is 1. The molecular weight excluding hydrogens is 307 g/mol. The molecule has 0 bridgehead atoms. The van der Waals surface area contributed by atoms with E-state index in [-0.39, 0.29) is 11.4 Å².